The maximum atomic E-state index is 12.6. The Morgan fingerprint density at radius 2 is 1.90 bits per heavy atom. The first-order valence-electron chi connectivity index (χ1n) is 9.86. The smallest absolute Gasteiger partial charge is 0.257 e. The Morgan fingerprint density at radius 3 is 2.62 bits per heavy atom. The van der Waals surface area contributed by atoms with Crippen LogP contribution in [-0.4, -0.2) is 15.9 Å². The van der Waals surface area contributed by atoms with Crippen molar-refractivity contribution in [2.45, 2.75) is 33.1 Å². The molecule has 0 spiro atoms. The van der Waals surface area contributed by atoms with Crippen LogP contribution in [0.4, 0.5) is 5.69 Å². The first kappa shape index (κ1) is 19.3. The average molecular weight is 402 g/mol. The summed E-state index contributed by atoms with van der Waals surface area (Å²) in [6.45, 7) is 4.18. The summed E-state index contributed by atoms with van der Waals surface area (Å²) in [5.41, 5.74) is 5.44. The zero-order valence-electron chi connectivity index (χ0n) is 16.6. The number of fused-ring (bicyclic) bond motifs is 1. The van der Waals surface area contributed by atoms with Crippen LogP contribution in [0.15, 0.2) is 60.8 Å². The topological polar surface area (TPSA) is 54.9 Å². The summed E-state index contributed by atoms with van der Waals surface area (Å²) in [5, 5.41) is 3.95. The van der Waals surface area contributed by atoms with E-state index in [0.717, 1.165) is 38.6 Å². The monoisotopic (exact) mass is 401 g/mol. The number of carbonyl (C=O) groups is 1. The van der Waals surface area contributed by atoms with E-state index in [0.29, 0.717) is 5.56 Å². The fraction of sp³-hybridized carbons (Fsp3) is 0.208. The number of hydrogen-bond acceptors (Lipinski definition) is 4. The molecule has 146 valence electrons. The van der Waals surface area contributed by atoms with Gasteiger partial charge >= 0.3 is 0 Å². The van der Waals surface area contributed by atoms with Gasteiger partial charge < -0.3 is 5.32 Å². The lowest BCUT2D eigenvalue weighted by molar-refractivity contribution is 0.102. The lowest BCUT2D eigenvalue weighted by Crippen LogP contribution is -2.12. The molecule has 2 aromatic heterocycles. The highest BCUT2D eigenvalue weighted by molar-refractivity contribution is 7.18. The van der Waals surface area contributed by atoms with Crippen molar-refractivity contribution >= 4 is 33.1 Å². The third-order valence-electron chi connectivity index (χ3n) is 4.85. The van der Waals surface area contributed by atoms with E-state index in [1.54, 1.807) is 17.5 Å². The highest BCUT2D eigenvalue weighted by atomic mass is 32.1. The number of carbonyl (C=O) groups excluding carboxylic acids is 1. The largest absolute Gasteiger partial charge is 0.322 e. The van der Waals surface area contributed by atoms with Crippen LogP contribution in [0.5, 0.6) is 0 Å². The minimum absolute atomic E-state index is 0.176. The van der Waals surface area contributed by atoms with Gasteiger partial charge in [-0.1, -0.05) is 37.6 Å². The molecule has 0 radical (unpaired) electrons. The predicted molar refractivity (Wildman–Crippen MR) is 121 cm³/mol. The lowest BCUT2D eigenvalue weighted by atomic mass is 10.0. The predicted octanol–water partition coefficient (Wildman–Crippen LogP) is 6.26. The molecule has 0 fully saturated rings. The fourth-order valence-corrected chi connectivity index (χ4v) is 4.05. The second-order valence-electron chi connectivity index (χ2n) is 7.10. The lowest BCUT2D eigenvalue weighted by Gasteiger charge is -2.07. The summed E-state index contributed by atoms with van der Waals surface area (Å²) >= 11 is 1.65. The average Bonchev–Trinajstić information content (AvgIpc) is 3.12. The van der Waals surface area contributed by atoms with Crippen molar-refractivity contribution in [3.8, 4) is 11.3 Å². The summed E-state index contributed by atoms with van der Waals surface area (Å²) in [7, 11) is 0. The van der Waals surface area contributed by atoms with Gasteiger partial charge in [0.1, 0.15) is 0 Å². The number of hydrogen-bond donors (Lipinski definition) is 1. The number of rotatable bonds is 6. The standard InChI is InChI=1S/C24H23N3OS/c1-3-4-5-17-6-8-18(9-7-17)21-12-10-19(15-25-21)24(28)27-20-11-13-23-22(14-20)26-16(2)29-23/h6-15H,3-5H2,1-2H3,(H,27,28). The van der Waals surface area contributed by atoms with Crippen LogP contribution in [0.25, 0.3) is 21.5 Å². The molecular formula is C24H23N3OS. The number of unbranched alkanes of at least 4 members (excludes halogenated alkanes) is 1. The van der Waals surface area contributed by atoms with Gasteiger partial charge in [0.15, 0.2) is 0 Å². The van der Waals surface area contributed by atoms with Gasteiger partial charge in [0.25, 0.3) is 5.91 Å². The van der Waals surface area contributed by atoms with Crippen LogP contribution in [0.2, 0.25) is 0 Å². The number of aromatic nitrogens is 2. The van der Waals surface area contributed by atoms with Gasteiger partial charge in [-0.3, -0.25) is 9.78 Å². The van der Waals surface area contributed by atoms with Gasteiger partial charge in [0.2, 0.25) is 0 Å². The third-order valence-corrected chi connectivity index (χ3v) is 5.80. The summed E-state index contributed by atoms with van der Waals surface area (Å²) in [5.74, 6) is -0.176. The highest BCUT2D eigenvalue weighted by Crippen LogP contribution is 2.25. The van der Waals surface area contributed by atoms with E-state index in [2.05, 4.69) is 46.5 Å². The Kier molecular flexibility index (Phi) is 5.67. The van der Waals surface area contributed by atoms with Crippen LogP contribution < -0.4 is 5.32 Å². The molecule has 1 amide bonds. The third kappa shape index (κ3) is 4.51. The Bertz CT molecular complexity index is 1130. The normalized spacial score (nSPS) is 11.0. The van der Waals surface area contributed by atoms with Crippen LogP contribution in [0.3, 0.4) is 0 Å². The number of anilines is 1. The maximum absolute atomic E-state index is 12.6. The maximum Gasteiger partial charge on any atom is 0.257 e. The molecule has 0 aliphatic rings. The zero-order valence-corrected chi connectivity index (χ0v) is 17.4. The van der Waals surface area contributed by atoms with Crippen molar-refractivity contribution in [2.75, 3.05) is 5.32 Å². The molecule has 2 heterocycles. The van der Waals surface area contributed by atoms with Crippen LogP contribution >= 0.6 is 11.3 Å². The Morgan fingerprint density at radius 1 is 1.07 bits per heavy atom. The molecule has 5 heteroatoms. The molecule has 0 aliphatic carbocycles. The number of amides is 1. The van der Waals surface area contributed by atoms with E-state index < -0.39 is 0 Å². The number of nitrogens with one attached hydrogen (secondary N) is 1. The quantitative estimate of drug-likeness (QED) is 0.415. The Labute approximate surface area is 174 Å². The van der Waals surface area contributed by atoms with Crippen molar-refractivity contribution in [2.24, 2.45) is 0 Å². The van der Waals surface area contributed by atoms with Gasteiger partial charge in [-0.25, -0.2) is 4.98 Å². The van der Waals surface area contributed by atoms with E-state index in [1.165, 1.54) is 18.4 Å². The molecule has 0 unspecified atom stereocenters. The van der Waals surface area contributed by atoms with E-state index in [9.17, 15) is 4.79 Å². The second kappa shape index (κ2) is 8.53. The van der Waals surface area contributed by atoms with E-state index in [1.807, 2.05) is 37.3 Å². The molecule has 0 atom stereocenters. The molecular weight excluding hydrogens is 378 g/mol. The van der Waals surface area contributed by atoms with Crippen LogP contribution in [0, 0.1) is 6.92 Å². The SMILES string of the molecule is CCCCc1ccc(-c2ccc(C(=O)Nc3ccc4sc(C)nc4c3)cn2)cc1. The van der Waals surface area contributed by atoms with Gasteiger partial charge in [-0.05, 0) is 55.7 Å². The molecule has 4 aromatic rings. The number of aryl methyl sites for hydroxylation is 2. The molecule has 4 nitrogen and oxygen atoms in total. The Balaban J connectivity index is 1.45. The summed E-state index contributed by atoms with van der Waals surface area (Å²) < 4.78 is 1.12. The highest BCUT2D eigenvalue weighted by Gasteiger charge is 2.09. The van der Waals surface area contributed by atoms with Gasteiger partial charge in [0, 0.05) is 17.4 Å². The first-order chi connectivity index (χ1) is 14.1. The zero-order chi connectivity index (χ0) is 20.2. The molecule has 2 aromatic carbocycles. The molecule has 0 saturated heterocycles. The first-order valence-corrected chi connectivity index (χ1v) is 10.7. The number of thiazole rings is 1. The molecule has 0 saturated carbocycles. The van der Waals surface area contributed by atoms with Crippen molar-refractivity contribution in [3.63, 3.8) is 0 Å². The van der Waals surface area contributed by atoms with E-state index in [4.69, 9.17) is 0 Å². The molecule has 1 N–H and O–H groups in total. The van der Waals surface area contributed by atoms with Crippen molar-refractivity contribution in [1.82, 2.24) is 9.97 Å². The van der Waals surface area contributed by atoms with Gasteiger partial charge in [-0.2, -0.15) is 0 Å². The van der Waals surface area contributed by atoms with Gasteiger partial charge in [-0.15, -0.1) is 11.3 Å². The summed E-state index contributed by atoms with van der Waals surface area (Å²) in [4.78, 5) is 21.5. The summed E-state index contributed by atoms with van der Waals surface area (Å²) in [6.07, 6.45) is 5.14. The van der Waals surface area contributed by atoms with Crippen molar-refractivity contribution < 1.29 is 4.79 Å². The minimum atomic E-state index is -0.176. The minimum Gasteiger partial charge on any atom is -0.322 e. The van der Waals surface area contributed by atoms with Crippen molar-refractivity contribution in [1.29, 1.82) is 0 Å². The second-order valence-corrected chi connectivity index (χ2v) is 8.34. The Hall–Kier alpha value is -3.05. The van der Waals surface area contributed by atoms with E-state index in [-0.39, 0.29) is 5.91 Å². The fourth-order valence-electron chi connectivity index (χ4n) is 3.25. The number of benzene rings is 2. The molecule has 29 heavy (non-hydrogen) atoms. The van der Waals surface area contributed by atoms with E-state index >= 15 is 0 Å². The number of pyridine rings is 1. The van der Waals surface area contributed by atoms with Crippen molar-refractivity contribution in [3.05, 3.63) is 76.9 Å². The number of nitrogens with zero attached hydrogens (tertiary/aromatic N) is 2. The van der Waals surface area contributed by atoms with Crippen LogP contribution in [-0.2, 0) is 6.42 Å². The summed E-state index contributed by atoms with van der Waals surface area (Å²) in [6, 6.07) is 18.0. The molecule has 0 bridgehead atoms. The van der Waals surface area contributed by atoms with Crippen LogP contribution in [0.1, 0.15) is 40.7 Å². The molecule has 0 aliphatic heterocycles. The van der Waals surface area contributed by atoms with Gasteiger partial charge in [0.05, 0.1) is 26.5 Å². The molecule has 4 rings (SSSR count).